The van der Waals surface area contributed by atoms with Gasteiger partial charge in [-0.05, 0) is 42.2 Å². The number of aromatic nitrogens is 5. The van der Waals surface area contributed by atoms with E-state index in [-0.39, 0.29) is 12.1 Å². The van der Waals surface area contributed by atoms with Gasteiger partial charge < -0.3 is 9.42 Å². The molecule has 3 atom stereocenters. The van der Waals surface area contributed by atoms with Crippen molar-refractivity contribution in [1.82, 2.24) is 24.9 Å². The lowest BCUT2D eigenvalue weighted by molar-refractivity contribution is 0.358. The molecule has 0 radical (unpaired) electrons. The molecule has 8 nitrogen and oxygen atoms in total. The number of nitrogens with zero attached hydrogens (tertiary/aromatic N) is 6. The van der Waals surface area contributed by atoms with Crippen molar-refractivity contribution in [2.45, 2.75) is 12.5 Å². The van der Waals surface area contributed by atoms with Crippen molar-refractivity contribution in [3.05, 3.63) is 75.9 Å². The van der Waals surface area contributed by atoms with E-state index in [1.165, 1.54) is 4.68 Å². The second kappa shape index (κ2) is 6.63. The van der Waals surface area contributed by atoms with E-state index in [1.54, 1.807) is 24.5 Å². The Morgan fingerprint density at radius 1 is 1.17 bits per heavy atom. The second-order valence-electron chi connectivity index (χ2n) is 7.83. The molecule has 2 fully saturated rings. The first-order chi connectivity index (χ1) is 14.7. The lowest BCUT2D eigenvalue weighted by Gasteiger charge is -2.21. The van der Waals surface area contributed by atoms with Crippen LogP contribution in [-0.4, -0.2) is 38.0 Å². The van der Waals surface area contributed by atoms with Crippen LogP contribution < -0.4 is 10.5 Å². The van der Waals surface area contributed by atoms with E-state index in [4.69, 9.17) is 16.1 Å². The molecule has 4 heterocycles. The average Bonchev–Trinajstić information content (AvgIpc) is 3.10. The molecule has 30 heavy (non-hydrogen) atoms. The van der Waals surface area contributed by atoms with Crippen molar-refractivity contribution in [1.29, 1.82) is 0 Å². The lowest BCUT2D eigenvalue weighted by atomic mass is 10.2. The fourth-order valence-corrected chi connectivity index (χ4v) is 4.70. The zero-order valence-electron chi connectivity index (χ0n) is 15.8. The molecule has 0 bridgehead atoms. The monoisotopic (exact) mass is 420 g/mol. The highest BCUT2D eigenvalue weighted by atomic mass is 35.5. The number of halogens is 1. The van der Waals surface area contributed by atoms with Gasteiger partial charge in [-0.15, -0.1) is 0 Å². The van der Waals surface area contributed by atoms with Crippen LogP contribution in [0.2, 0.25) is 5.02 Å². The summed E-state index contributed by atoms with van der Waals surface area (Å²) in [5.74, 6) is 2.45. The van der Waals surface area contributed by atoms with Gasteiger partial charge in [0, 0.05) is 35.9 Å². The summed E-state index contributed by atoms with van der Waals surface area (Å²) in [7, 11) is 0. The summed E-state index contributed by atoms with van der Waals surface area (Å²) >= 11 is 6.12. The molecule has 4 aromatic rings. The van der Waals surface area contributed by atoms with Gasteiger partial charge in [-0.2, -0.15) is 10.1 Å². The highest BCUT2D eigenvalue weighted by Gasteiger charge is 2.58. The van der Waals surface area contributed by atoms with Gasteiger partial charge in [0.05, 0.1) is 17.1 Å². The fraction of sp³-hybridized carbons (Fsp3) is 0.286. The minimum Gasteiger partial charge on any atom is -0.371 e. The van der Waals surface area contributed by atoms with Gasteiger partial charge >= 0.3 is 0 Å². The highest BCUT2D eigenvalue weighted by Crippen LogP contribution is 2.57. The molecule has 0 amide bonds. The Bertz CT molecular complexity index is 1310. The SMILES string of the molecule is O=c1c2cccnc2cnn1Cc1nc(C2[C@H]3CN(c4cccc(Cl)c4)C[C@@H]23)no1. The maximum atomic E-state index is 12.6. The summed E-state index contributed by atoms with van der Waals surface area (Å²) in [6.07, 6.45) is 3.21. The number of piperidine rings is 1. The van der Waals surface area contributed by atoms with Crippen LogP contribution in [0.4, 0.5) is 5.69 Å². The molecule has 0 spiro atoms. The number of benzene rings is 1. The summed E-state index contributed by atoms with van der Waals surface area (Å²) in [5.41, 5.74) is 1.50. The van der Waals surface area contributed by atoms with Crippen LogP contribution in [0.1, 0.15) is 17.6 Å². The quantitative estimate of drug-likeness (QED) is 0.501. The van der Waals surface area contributed by atoms with E-state index < -0.39 is 0 Å². The molecule has 9 heteroatoms. The zero-order valence-corrected chi connectivity index (χ0v) is 16.6. The summed E-state index contributed by atoms with van der Waals surface area (Å²) in [6.45, 7) is 2.06. The maximum absolute atomic E-state index is 12.6. The molecule has 1 aliphatic heterocycles. The lowest BCUT2D eigenvalue weighted by Crippen LogP contribution is -2.24. The number of rotatable bonds is 4. The van der Waals surface area contributed by atoms with Crippen molar-refractivity contribution in [3.63, 3.8) is 0 Å². The van der Waals surface area contributed by atoms with Crippen LogP contribution in [0.25, 0.3) is 10.9 Å². The Labute approximate surface area is 176 Å². The zero-order chi connectivity index (χ0) is 20.2. The van der Waals surface area contributed by atoms with Crippen molar-refractivity contribution in [2.24, 2.45) is 11.8 Å². The summed E-state index contributed by atoms with van der Waals surface area (Å²) in [5, 5.41) is 9.62. The van der Waals surface area contributed by atoms with Gasteiger partial charge in [0.15, 0.2) is 5.82 Å². The van der Waals surface area contributed by atoms with E-state index in [9.17, 15) is 4.79 Å². The summed E-state index contributed by atoms with van der Waals surface area (Å²) in [4.78, 5) is 23.7. The molecule has 3 aromatic heterocycles. The van der Waals surface area contributed by atoms with Crippen molar-refractivity contribution >= 4 is 28.2 Å². The number of fused-ring (bicyclic) bond motifs is 2. The van der Waals surface area contributed by atoms with Gasteiger partial charge in [0.1, 0.15) is 6.54 Å². The van der Waals surface area contributed by atoms with E-state index in [0.717, 1.165) is 29.6 Å². The predicted octanol–water partition coefficient (Wildman–Crippen LogP) is 2.73. The molecule has 1 aromatic carbocycles. The van der Waals surface area contributed by atoms with Crippen LogP contribution in [0.3, 0.4) is 0 Å². The number of anilines is 1. The van der Waals surface area contributed by atoms with E-state index in [1.807, 2.05) is 18.2 Å². The van der Waals surface area contributed by atoms with Crippen LogP contribution >= 0.6 is 11.6 Å². The van der Waals surface area contributed by atoms with Crippen molar-refractivity contribution in [3.8, 4) is 0 Å². The Kier molecular flexibility index (Phi) is 3.89. The second-order valence-corrected chi connectivity index (χ2v) is 8.26. The Morgan fingerprint density at radius 3 is 2.87 bits per heavy atom. The number of hydrogen-bond donors (Lipinski definition) is 0. The average molecular weight is 421 g/mol. The third-order valence-corrected chi connectivity index (χ3v) is 6.29. The van der Waals surface area contributed by atoms with Crippen LogP contribution in [0.5, 0.6) is 0 Å². The van der Waals surface area contributed by atoms with Gasteiger partial charge in [-0.3, -0.25) is 9.78 Å². The number of pyridine rings is 1. The maximum Gasteiger partial charge on any atom is 0.276 e. The molecule has 1 aliphatic carbocycles. The summed E-state index contributed by atoms with van der Waals surface area (Å²) < 4.78 is 6.75. The third kappa shape index (κ3) is 2.87. The topological polar surface area (TPSA) is 89.9 Å². The van der Waals surface area contributed by atoms with E-state index in [0.29, 0.717) is 34.5 Å². The molecule has 1 unspecified atom stereocenters. The summed E-state index contributed by atoms with van der Waals surface area (Å²) in [6, 6.07) is 11.4. The van der Waals surface area contributed by atoms with Crippen LogP contribution in [-0.2, 0) is 6.54 Å². The minimum atomic E-state index is -0.221. The first kappa shape index (κ1) is 17.6. The first-order valence-corrected chi connectivity index (χ1v) is 10.2. The van der Waals surface area contributed by atoms with Gasteiger partial charge in [-0.1, -0.05) is 22.8 Å². The van der Waals surface area contributed by atoms with Gasteiger partial charge in [0.2, 0.25) is 5.89 Å². The normalized spacial score (nSPS) is 22.4. The molecule has 1 saturated carbocycles. The van der Waals surface area contributed by atoms with Gasteiger partial charge in [0.25, 0.3) is 5.56 Å². The largest absolute Gasteiger partial charge is 0.371 e. The molecule has 2 aliphatic rings. The minimum absolute atomic E-state index is 0.146. The van der Waals surface area contributed by atoms with Crippen molar-refractivity contribution in [2.75, 3.05) is 18.0 Å². The molecule has 150 valence electrons. The number of hydrogen-bond acceptors (Lipinski definition) is 7. The Morgan fingerprint density at radius 2 is 2.03 bits per heavy atom. The van der Waals surface area contributed by atoms with Crippen LogP contribution in [0.15, 0.2) is 58.1 Å². The van der Waals surface area contributed by atoms with E-state index >= 15 is 0 Å². The molecule has 1 saturated heterocycles. The van der Waals surface area contributed by atoms with Crippen molar-refractivity contribution < 1.29 is 4.52 Å². The van der Waals surface area contributed by atoms with Gasteiger partial charge in [-0.25, -0.2) is 4.68 Å². The molecular weight excluding hydrogens is 404 g/mol. The molecule has 0 N–H and O–H groups in total. The predicted molar refractivity (Wildman–Crippen MR) is 111 cm³/mol. The first-order valence-electron chi connectivity index (χ1n) is 9.81. The molecule has 6 rings (SSSR count). The highest BCUT2D eigenvalue weighted by molar-refractivity contribution is 6.30. The third-order valence-electron chi connectivity index (χ3n) is 6.06. The smallest absolute Gasteiger partial charge is 0.276 e. The molecular formula is C21H17ClN6O2. The van der Waals surface area contributed by atoms with E-state index in [2.05, 4.69) is 31.2 Å². The fourth-order valence-electron chi connectivity index (χ4n) is 4.52. The standard InChI is InChI=1S/C21H17ClN6O2/c22-12-3-1-4-13(7-12)27-9-15-16(10-27)19(15)20-25-18(30-26-20)11-28-21(29)14-5-2-6-23-17(14)8-24-28/h1-8,15-16,19H,9-11H2/t15-,16+,19?. The Hall–Kier alpha value is -3.26. The Balaban J connectivity index is 1.16. The van der Waals surface area contributed by atoms with Crippen LogP contribution in [0, 0.1) is 11.8 Å².